The molecule has 0 radical (unpaired) electrons. The fourth-order valence-corrected chi connectivity index (χ4v) is 3.16. The summed E-state index contributed by atoms with van der Waals surface area (Å²) in [5, 5.41) is 2.95. The first-order valence-corrected chi connectivity index (χ1v) is 7.68. The van der Waals surface area contributed by atoms with Gasteiger partial charge in [0.1, 0.15) is 0 Å². The molecule has 0 spiro atoms. The van der Waals surface area contributed by atoms with Gasteiger partial charge in [0.2, 0.25) is 0 Å². The van der Waals surface area contributed by atoms with Crippen LogP contribution >= 0.6 is 31.9 Å². The lowest BCUT2D eigenvalue weighted by atomic mass is 10.1. The van der Waals surface area contributed by atoms with Crippen LogP contribution in [0, 0.1) is 0 Å². The van der Waals surface area contributed by atoms with E-state index in [0.717, 1.165) is 14.5 Å². The van der Waals surface area contributed by atoms with E-state index < -0.39 is 0 Å². The van der Waals surface area contributed by atoms with Crippen LogP contribution in [0.1, 0.15) is 28.9 Å². The smallest absolute Gasteiger partial charge is 0.252 e. The summed E-state index contributed by atoms with van der Waals surface area (Å²) in [6.07, 6.45) is 0. The van der Waals surface area contributed by atoms with Crippen molar-refractivity contribution >= 4 is 43.5 Å². The molecule has 2 aromatic carbocycles. The Morgan fingerprint density at radius 2 is 1.90 bits per heavy atom. The van der Waals surface area contributed by atoms with Crippen molar-refractivity contribution in [3.63, 3.8) is 0 Å². The first-order chi connectivity index (χ1) is 9.49. The lowest BCUT2D eigenvalue weighted by molar-refractivity contribution is 0.0939. The third-order valence-corrected chi connectivity index (χ3v) is 4.14. The Balaban J connectivity index is 2.17. The van der Waals surface area contributed by atoms with Crippen molar-refractivity contribution < 1.29 is 4.79 Å². The standard InChI is InChI=1S/C15H14Br2N2O/c1-9(11-4-2-3-5-14(11)18)19-15(20)12-7-6-10(16)8-13(12)17/h2-9H,18H2,1H3,(H,19,20). The van der Waals surface area contributed by atoms with Crippen LogP contribution in [-0.2, 0) is 0 Å². The summed E-state index contributed by atoms with van der Waals surface area (Å²) in [5.74, 6) is -0.139. The van der Waals surface area contributed by atoms with Gasteiger partial charge in [-0.2, -0.15) is 0 Å². The first kappa shape index (κ1) is 15.1. The average Bonchev–Trinajstić information content (AvgIpc) is 2.38. The monoisotopic (exact) mass is 396 g/mol. The molecule has 0 aromatic heterocycles. The maximum atomic E-state index is 12.3. The average molecular weight is 398 g/mol. The van der Waals surface area contributed by atoms with E-state index in [1.165, 1.54) is 0 Å². The summed E-state index contributed by atoms with van der Waals surface area (Å²) in [5.41, 5.74) is 8.10. The number of hydrogen-bond acceptors (Lipinski definition) is 2. The number of carbonyl (C=O) groups excluding carboxylic acids is 1. The number of nitrogens with one attached hydrogen (secondary N) is 1. The normalized spacial score (nSPS) is 11.9. The zero-order valence-corrected chi connectivity index (χ0v) is 14.0. The number of amides is 1. The van der Waals surface area contributed by atoms with Crippen LogP contribution in [0.4, 0.5) is 5.69 Å². The van der Waals surface area contributed by atoms with Crippen molar-refractivity contribution in [1.29, 1.82) is 0 Å². The second kappa shape index (κ2) is 6.41. The third kappa shape index (κ3) is 3.41. The Morgan fingerprint density at radius 3 is 2.55 bits per heavy atom. The minimum absolute atomic E-state index is 0.139. The van der Waals surface area contributed by atoms with E-state index >= 15 is 0 Å². The van der Waals surface area contributed by atoms with Gasteiger partial charge < -0.3 is 11.1 Å². The van der Waals surface area contributed by atoms with Gasteiger partial charge in [0.05, 0.1) is 11.6 Å². The van der Waals surface area contributed by atoms with Crippen LogP contribution in [0.15, 0.2) is 51.4 Å². The number of hydrogen-bond donors (Lipinski definition) is 2. The number of rotatable bonds is 3. The molecule has 20 heavy (non-hydrogen) atoms. The molecule has 0 aliphatic carbocycles. The molecule has 2 rings (SSSR count). The van der Waals surface area contributed by atoms with Crippen LogP contribution in [-0.4, -0.2) is 5.91 Å². The summed E-state index contributed by atoms with van der Waals surface area (Å²) in [6.45, 7) is 1.91. The summed E-state index contributed by atoms with van der Waals surface area (Å²) in [6, 6.07) is 12.8. The molecular formula is C15H14Br2N2O. The van der Waals surface area contributed by atoms with Gasteiger partial charge in [-0.05, 0) is 52.7 Å². The maximum Gasteiger partial charge on any atom is 0.252 e. The molecule has 0 bridgehead atoms. The number of carbonyl (C=O) groups is 1. The third-order valence-electron chi connectivity index (χ3n) is 2.99. The molecule has 0 saturated carbocycles. The van der Waals surface area contributed by atoms with E-state index in [2.05, 4.69) is 37.2 Å². The van der Waals surface area contributed by atoms with Crippen molar-refractivity contribution in [2.75, 3.05) is 5.73 Å². The molecule has 0 saturated heterocycles. The van der Waals surface area contributed by atoms with Gasteiger partial charge in [-0.15, -0.1) is 0 Å². The van der Waals surface area contributed by atoms with Crippen molar-refractivity contribution in [1.82, 2.24) is 5.32 Å². The molecule has 0 aliphatic heterocycles. The largest absolute Gasteiger partial charge is 0.398 e. The second-order valence-electron chi connectivity index (χ2n) is 4.45. The molecule has 1 amide bonds. The number of halogens is 2. The molecule has 5 heteroatoms. The lowest BCUT2D eigenvalue weighted by Gasteiger charge is -2.16. The SMILES string of the molecule is CC(NC(=O)c1ccc(Br)cc1Br)c1ccccc1N. The highest BCUT2D eigenvalue weighted by atomic mass is 79.9. The highest BCUT2D eigenvalue weighted by Crippen LogP contribution is 2.24. The second-order valence-corrected chi connectivity index (χ2v) is 6.22. The van der Waals surface area contributed by atoms with Crippen LogP contribution in [0.3, 0.4) is 0 Å². The molecule has 3 nitrogen and oxygen atoms in total. The summed E-state index contributed by atoms with van der Waals surface area (Å²) in [7, 11) is 0. The van der Waals surface area contributed by atoms with Gasteiger partial charge in [0, 0.05) is 14.6 Å². The van der Waals surface area contributed by atoms with E-state index in [1.807, 2.05) is 43.3 Å². The topological polar surface area (TPSA) is 55.1 Å². The van der Waals surface area contributed by atoms with E-state index in [1.54, 1.807) is 6.07 Å². The molecular weight excluding hydrogens is 384 g/mol. The van der Waals surface area contributed by atoms with Crippen molar-refractivity contribution in [2.45, 2.75) is 13.0 Å². The van der Waals surface area contributed by atoms with Gasteiger partial charge in [-0.25, -0.2) is 0 Å². The zero-order chi connectivity index (χ0) is 14.7. The fraction of sp³-hybridized carbons (Fsp3) is 0.133. The van der Waals surface area contributed by atoms with Crippen molar-refractivity contribution in [3.8, 4) is 0 Å². The number of anilines is 1. The van der Waals surface area contributed by atoms with Gasteiger partial charge >= 0.3 is 0 Å². The Labute approximate surface area is 134 Å². The molecule has 1 atom stereocenters. The number of nitrogen functional groups attached to an aromatic ring is 1. The Bertz CT molecular complexity index is 644. The molecule has 0 fully saturated rings. The van der Waals surface area contributed by atoms with Crippen molar-refractivity contribution in [2.24, 2.45) is 0 Å². The van der Waals surface area contributed by atoms with Crippen molar-refractivity contribution in [3.05, 3.63) is 62.5 Å². The molecule has 2 aromatic rings. The van der Waals surface area contributed by atoms with E-state index in [4.69, 9.17) is 5.73 Å². The van der Waals surface area contributed by atoms with Crippen LogP contribution in [0.25, 0.3) is 0 Å². The molecule has 1 unspecified atom stereocenters. The van der Waals surface area contributed by atoms with E-state index in [0.29, 0.717) is 11.3 Å². The molecule has 0 heterocycles. The van der Waals surface area contributed by atoms with Crippen LogP contribution in [0.5, 0.6) is 0 Å². The van der Waals surface area contributed by atoms with Gasteiger partial charge in [0.15, 0.2) is 0 Å². The summed E-state index contributed by atoms with van der Waals surface area (Å²) in [4.78, 5) is 12.3. The Hall–Kier alpha value is -1.33. The van der Waals surface area contributed by atoms with Crippen LogP contribution < -0.4 is 11.1 Å². The quantitative estimate of drug-likeness (QED) is 0.759. The minimum Gasteiger partial charge on any atom is -0.398 e. The maximum absolute atomic E-state index is 12.3. The summed E-state index contributed by atoms with van der Waals surface area (Å²) >= 11 is 6.76. The highest BCUT2D eigenvalue weighted by Gasteiger charge is 2.15. The fourth-order valence-electron chi connectivity index (χ4n) is 1.93. The predicted octanol–water partition coefficient (Wildman–Crippen LogP) is 4.28. The van der Waals surface area contributed by atoms with Crippen LogP contribution in [0.2, 0.25) is 0 Å². The van der Waals surface area contributed by atoms with Gasteiger partial charge in [0.25, 0.3) is 5.91 Å². The number of benzene rings is 2. The first-order valence-electron chi connectivity index (χ1n) is 6.09. The molecule has 0 aliphatic rings. The highest BCUT2D eigenvalue weighted by molar-refractivity contribution is 9.11. The number of para-hydroxylation sites is 1. The lowest BCUT2D eigenvalue weighted by Crippen LogP contribution is -2.27. The Morgan fingerprint density at radius 1 is 1.20 bits per heavy atom. The Kier molecular flexibility index (Phi) is 4.83. The van der Waals surface area contributed by atoms with E-state index in [-0.39, 0.29) is 11.9 Å². The van der Waals surface area contributed by atoms with E-state index in [9.17, 15) is 4.79 Å². The summed E-state index contributed by atoms with van der Waals surface area (Å²) < 4.78 is 1.67. The zero-order valence-electron chi connectivity index (χ0n) is 10.9. The van der Waals surface area contributed by atoms with Gasteiger partial charge in [-0.1, -0.05) is 34.1 Å². The molecule has 104 valence electrons. The number of nitrogens with two attached hydrogens (primary N) is 1. The molecule has 3 N–H and O–H groups in total. The minimum atomic E-state index is -0.153. The van der Waals surface area contributed by atoms with Gasteiger partial charge in [-0.3, -0.25) is 4.79 Å². The predicted molar refractivity (Wildman–Crippen MR) is 88.6 cm³/mol.